The van der Waals surface area contributed by atoms with Gasteiger partial charge in [0, 0.05) is 16.3 Å². The fourth-order valence-electron chi connectivity index (χ4n) is 3.32. The van der Waals surface area contributed by atoms with E-state index in [4.69, 9.17) is 16.3 Å². The monoisotopic (exact) mass is 526 g/mol. The number of ether oxygens (including phenoxy) is 1. The number of hydrogen-bond donors (Lipinski definition) is 0. The number of rotatable bonds is 2. The summed E-state index contributed by atoms with van der Waals surface area (Å²) in [5, 5.41) is 5.00. The Morgan fingerprint density at radius 1 is 1.31 bits per heavy atom. The van der Waals surface area contributed by atoms with E-state index in [-0.39, 0.29) is 11.6 Å². The summed E-state index contributed by atoms with van der Waals surface area (Å²) in [7, 11) is 0. The molecule has 152 valence electrons. The highest BCUT2D eigenvalue weighted by Crippen LogP contribution is 2.34. The Hall–Kier alpha value is -2.07. The molecule has 0 saturated carbocycles. The maximum absolute atomic E-state index is 13.4. The molecular formula is C20H20ClIN4O3. The number of benzene rings is 1. The van der Waals surface area contributed by atoms with Gasteiger partial charge in [0.2, 0.25) is 0 Å². The Bertz CT molecular complexity index is 1160. The van der Waals surface area contributed by atoms with Crippen molar-refractivity contribution in [2.45, 2.75) is 38.8 Å². The molecule has 2 aromatic heterocycles. The van der Waals surface area contributed by atoms with Gasteiger partial charge in [-0.3, -0.25) is 14.3 Å². The number of amides is 1. The maximum Gasteiger partial charge on any atom is 0.410 e. The van der Waals surface area contributed by atoms with E-state index >= 15 is 0 Å². The zero-order valence-electron chi connectivity index (χ0n) is 16.2. The van der Waals surface area contributed by atoms with Crippen LogP contribution in [0.3, 0.4) is 0 Å². The number of carbonyl (C=O) groups is 1. The highest BCUT2D eigenvalue weighted by atomic mass is 127. The van der Waals surface area contributed by atoms with E-state index in [1.54, 1.807) is 21.7 Å². The van der Waals surface area contributed by atoms with E-state index in [0.29, 0.717) is 35.0 Å². The van der Waals surface area contributed by atoms with Crippen LogP contribution in [0.1, 0.15) is 39.1 Å². The zero-order chi connectivity index (χ0) is 20.9. The first-order chi connectivity index (χ1) is 13.7. The molecule has 0 N–H and O–H groups in total. The van der Waals surface area contributed by atoms with Gasteiger partial charge in [0.15, 0.2) is 5.82 Å². The quantitative estimate of drug-likeness (QED) is 0.464. The van der Waals surface area contributed by atoms with E-state index in [2.05, 4.69) is 27.7 Å². The molecule has 0 bridgehead atoms. The zero-order valence-corrected chi connectivity index (χ0v) is 19.1. The minimum absolute atomic E-state index is 0.275. The van der Waals surface area contributed by atoms with E-state index < -0.39 is 11.7 Å². The third kappa shape index (κ3) is 3.75. The molecule has 1 saturated heterocycles. The lowest BCUT2D eigenvalue weighted by molar-refractivity contribution is -0.00811. The smallest absolute Gasteiger partial charge is 0.410 e. The second-order valence-corrected chi connectivity index (χ2v) is 9.57. The highest BCUT2D eigenvalue weighted by molar-refractivity contribution is 14.1. The van der Waals surface area contributed by atoms with Crippen molar-refractivity contribution in [3.05, 3.63) is 61.3 Å². The van der Waals surface area contributed by atoms with Crippen LogP contribution in [0.2, 0.25) is 5.02 Å². The van der Waals surface area contributed by atoms with Gasteiger partial charge >= 0.3 is 6.09 Å². The number of fused-ring (bicyclic) bond motifs is 1. The Morgan fingerprint density at radius 3 is 2.69 bits per heavy atom. The molecule has 0 aliphatic carbocycles. The summed E-state index contributed by atoms with van der Waals surface area (Å²) in [6.45, 7) is 6.03. The predicted octanol–water partition coefficient (Wildman–Crippen LogP) is 4.43. The van der Waals surface area contributed by atoms with Crippen LogP contribution in [0.5, 0.6) is 0 Å². The molecule has 1 aliphatic heterocycles. The van der Waals surface area contributed by atoms with Gasteiger partial charge in [0.1, 0.15) is 11.1 Å². The van der Waals surface area contributed by atoms with Gasteiger partial charge in [-0.2, -0.15) is 5.10 Å². The molecule has 0 radical (unpaired) electrons. The summed E-state index contributed by atoms with van der Waals surface area (Å²) in [4.78, 5) is 27.6. The third-order valence-corrected chi connectivity index (χ3v) is 5.65. The fraction of sp³-hybridized carbons (Fsp3) is 0.350. The summed E-state index contributed by atoms with van der Waals surface area (Å²) in [6.07, 6.45) is 1.93. The summed E-state index contributed by atoms with van der Waals surface area (Å²) in [5.41, 5.74) is 0.110. The van der Waals surface area contributed by atoms with Crippen LogP contribution in [0.15, 0.2) is 41.3 Å². The van der Waals surface area contributed by atoms with Crippen molar-refractivity contribution in [2.75, 3.05) is 6.54 Å². The molecule has 0 spiro atoms. The molecule has 29 heavy (non-hydrogen) atoms. The first-order valence-electron chi connectivity index (χ1n) is 9.21. The number of aromatic nitrogens is 3. The van der Waals surface area contributed by atoms with Crippen LogP contribution in [-0.4, -0.2) is 37.3 Å². The number of likely N-dealkylation sites (tertiary alicyclic amines) is 1. The summed E-state index contributed by atoms with van der Waals surface area (Å²) in [6, 6.07) is 8.85. The Kier molecular flexibility index (Phi) is 5.10. The number of nitrogens with zero attached hydrogens (tertiary/aromatic N) is 4. The van der Waals surface area contributed by atoms with Crippen LogP contribution in [0.25, 0.3) is 11.2 Å². The molecule has 7 nitrogen and oxygen atoms in total. The van der Waals surface area contributed by atoms with E-state index in [1.807, 2.05) is 45.0 Å². The third-order valence-electron chi connectivity index (χ3n) is 4.67. The Balaban J connectivity index is 1.87. The molecule has 1 aliphatic rings. The minimum atomic E-state index is -0.599. The lowest BCUT2D eigenvalue weighted by Gasteiger charge is -2.41. The van der Waals surface area contributed by atoms with Gasteiger partial charge in [-0.1, -0.05) is 17.7 Å². The lowest BCUT2D eigenvalue weighted by atomic mass is 10.0. The van der Waals surface area contributed by atoms with Crippen LogP contribution in [-0.2, 0) is 4.74 Å². The first kappa shape index (κ1) is 20.2. The normalized spacial score (nSPS) is 16.7. The van der Waals surface area contributed by atoms with E-state index in [9.17, 15) is 9.59 Å². The molecule has 1 amide bonds. The van der Waals surface area contributed by atoms with Gasteiger partial charge in [-0.25, -0.2) is 9.31 Å². The van der Waals surface area contributed by atoms with Gasteiger partial charge in [0.05, 0.1) is 16.8 Å². The molecule has 3 aromatic rings. The van der Waals surface area contributed by atoms with Gasteiger partial charge < -0.3 is 4.74 Å². The molecule has 0 unspecified atom stereocenters. The van der Waals surface area contributed by atoms with Gasteiger partial charge in [-0.05, 0) is 74.0 Å². The predicted molar refractivity (Wildman–Crippen MR) is 119 cm³/mol. The van der Waals surface area contributed by atoms with Crippen molar-refractivity contribution in [3.8, 4) is 5.69 Å². The number of carbonyl (C=O) groups excluding carboxylic acids is 1. The Morgan fingerprint density at radius 2 is 2.07 bits per heavy atom. The average Bonchev–Trinajstić information content (AvgIpc) is 2.93. The van der Waals surface area contributed by atoms with Crippen molar-refractivity contribution in [1.82, 2.24) is 19.1 Å². The molecule has 3 heterocycles. The maximum atomic E-state index is 13.4. The van der Waals surface area contributed by atoms with Crippen molar-refractivity contribution >= 4 is 45.8 Å². The first-order valence-corrected chi connectivity index (χ1v) is 10.7. The molecule has 1 atom stereocenters. The lowest BCUT2D eigenvalue weighted by Crippen LogP contribution is -2.49. The standard InChI is InChI=1S/C20H20ClIN4O3/c1-20(2,3)29-19(28)24-9-8-15(24)17-23-25-10-7-14(21)16(25)18(27)26(17)13-6-4-5-12(22)11-13/h4-7,10-11,15H,8-9H2,1-3H3/t15-/m0/s1. The average molecular weight is 527 g/mol. The molecule has 1 fully saturated rings. The molecule has 9 heteroatoms. The van der Waals surface area contributed by atoms with Crippen molar-refractivity contribution in [1.29, 1.82) is 0 Å². The topological polar surface area (TPSA) is 68.8 Å². The summed E-state index contributed by atoms with van der Waals surface area (Å²) >= 11 is 8.44. The second-order valence-electron chi connectivity index (χ2n) is 7.91. The minimum Gasteiger partial charge on any atom is -0.444 e. The van der Waals surface area contributed by atoms with Crippen molar-refractivity contribution < 1.29 is 9.53 Å². The fourth-order valence-corrected chi connectivity index (χ4v) is 4.07. The summed E-state index contributed by atoms with van der Waals surface area (Å²) < 4.78 is 9.53. The molecule has 1 aromatic carbocycles. The van der Waals surface area contributed by atoms with Gasteiger partial charge in [0.25, 0.3) is 5.56 Å². The van der Waals surface area contributed by atoms with Crippen LogP contribution >= 0.6 is 34.2 Å². The number of halogens is 2. The van der Waals surface area contributed by atoms with Crippen LogP contribution in [0, 0.1) is 3.57 Å². The van der Waals surface area contributed by atoms with Crippen LogP contribution < -0.4 is 5.56 Å². The van der Waals surface area contributed by atoms with Crippen molar-refractivity contribution in [3.63, 3.8) is 0 Å². The Labute approximate surface area is 186 Å². The van der Waals surface area contributed by atoms with Crippen molar-refractivity contribution in [2.24, 2.45) is 0 Å². The SMILES string of the molecule is CC(C)(C)OC(=O)N1CC[C@H]1c1nn2ccc(Cl)c2c(=O)n1-c1cccc(I)c1. The van der Waals surface area contributed by atoms with E-state index in [0.717, 1.165) is 3.57 Å². The largest absolute Gasteiger partial charge is 0.444 e. The summed E-state index contributed by atoms with van der Waals surface area (Å²) in [5.74, 6) is 0.480. The van der Waals surface area contributed by atoms with Crippen LogP contribution in [0.4, 0.5) is 4.79 Å². The molecular weight excluding hydrogens is 507 g/mol. The van der Waals surface area contributed by atoms with Gasteiger partial charge in [-0.15, -0.1) is 0 Å². The highest BCUT2D eigenvalue weighted by Gasteiger charge is 2.39. The number of hydrogen-bond acceptors (Lipinski definition) is 4. The molecule has 4 rings (SSSR count). The second kappa shape index (κ2) is 7.32. The van der Waals surface area contributed by atoms with E-state index in [1.165, 1.54) is 4.52 Å².